The Morgan fingerprint density at radius 2 is 1.42 bits per heavy atom. The van der Waals surface area contributed by atoms with Crippen LogP contribution in [-0.4, -0.2) is 46.2 Å². The van der Waals surface area contributed by atoms with Gasteiger partial charge in [0.2, 0.25) is 0 Å². The minimum absolute atomic E-state index is 0. The van der Waals surface area contributed by atoms with Crippen LogP contribution in [0.2, 0.25) is 5.02 Å². The topological polar surface area (TPSA) is 46.5 Å². The molecule has 1 N–H and O–H groups in total. The van der Waals surface area contributed by atoms with Crippen LogP contribution in [0.3, 0.4) is 0 Å². The van der Waals surface area contributed by atoms with E-state index >= 15 is 0 Å². The zero-order valence-electron chi connectivity index (χ0n) is 13.5. The van der Waals surface area contributed by atoms with Gasteiger partial charge in [-0.05, 0) is 50.2 Å². The van der Waals surface area contributed by atoms with Crippen molar-refractivity contribution in [3.8, 4) is 5.75 Å². The number of carboxylic acid groups (broad SMARTS) is 1. The second-order valence-corrected chi connectivity index (χ2v) is 5.96. The summed E-state index contributed by atoms with van der Waals surface area (Å²) >= 11 is 5.71. The fourth-order valence-electron chi connectivity index (χ4n) is 1.90. The molecule has 0 spiro atoms. The Kier molecular flexibility index (Phi) is 6.82. The first kappa shape index (κ1) is 20.9. The van der Waals surface area contributed by atoms with Crippen LogP contribution in [0.25, 0.3) is 0 Å². The van der Waals surface area contributed by atoms with Crippen molar-refractivity contribution < 1.29 is 23.4 Å². The predicted molar refractivity (Wildman–Crippen MR) is 89.0 cm³/mol. The van der Waals surface area contributed by atoms with Crippen LogP contribution < -0.4 is 4.74 Å². The average Bonchev–Trinajstić information content (AvgIpc) is 2.47. The van der Waals surface area contributed by atoms with Crippen LogP contribution >= 0.6 is 11.6 Å². The summed E-state index contributed by atoms with van der Waals surface area (Å²) in [6.07, 6.45) is 0. The molecular weight excluding hydrogens is 349 g/mol. The number of carbonyl (C=O) groups is 1. The summed E-state index contributed by atoms with van der Waals surface area (Å²) in [7, 11) is 0. The van der Waals surface area contributed by atoms with E-state index < -0.39 is 17.5 Å². The summed E-state index contributed by atoms with van der Waals surface area (Å²) in [5.74, 6) is -4.13. The van der Waals surface area contributed by atoms with E-state index in [2.05, 4.69) is 0 Å². The fraction of sp³-hybridized carbons (Fsp3) is 0.235. The van der Waals surface area contributed by atoms with Gasteiger partial charge in [0, 0.05) is 45.7 Å². The average molecular weight is 364 g/mol. The van der Waals surface area contributed by atoms with Crippen molar-refractivity contribution in [2.45, 2.75) is 25.4 Å². The Bertz CT molecular complexity index is 701. The van der Waals surface area contributed by atoms with Gasteiger partial charge in [-0.1, -0.05) is 23.7 Å². The molecule has 3 nitrogen and oxygen atoms in total. The molecule has 24 heavy (non-hydrogen) atoms. The Balaban J connectivity index is 0.00000288. The van der Waals surface area contributed by atoms with Gasteiger partial charge in [0.1, 0.15) is 5.75 Å². The number of alkyl halides is 2. The van der Waals surface area contributed by atoms with Crippen molar-refractivity contribution in [2.24, 2.45) is 0 Å². The molecule has 0 atom stereocenters. The van der Waals surface area contributed by atoms with Gasteiger partial charge in [0.15, 0.2) is 5.60 Å². The first-order valence-corrected chi connectivity index (χ1v) is 7.17. The quantitative estimate of drug-likeness (QED) is 0.804. The Morgan fingerprint density at radius 1 is 1.00 bits per heavy atom. The van der Waals surface area contributed by atoms with Gasteiger partial charge in [-0.15, -0.1) is 0 Å². The van der Waals surface area contributed by atoms with Crippen molar-refractivity contribution in [3.63, 3.8) is 0 Å². The molecule has 0 heterocycles. The van der Waals surface area contributed by atoms with E-state index in [9.17, 15) is 13.6 Å². The third kappa shape index (κ3) is 4.70. The number of halogens is 3. The van der Waals surface area contributed by atoms with E-state index in [1.807, 2.05) is 0 Å². The summed E-state index contributed by atoms with van der Waals surface area (Å²) in [4.78, 5) is 11.0. The van der Waals surface area contributed by atoms with Gasteiger partial charge in [0.25, 0.3) is 5.92 Å². The second kappa shape index (κ2) is 7.83. The molecule has 1 radical (unpaired) electrons. The first-order valence-electron chi connectivity index (χ1n) is 6.80. The first-order chi connectivity index (χ1) is 10.6. The van der Waals surface area contributed by atoms with E-state index in [0.717, 1.165) is 0 Å². The molecule has 7 heteroatoms. The Hall–Kier alpha value is -1.14. The molecule has 0 aliphatic rings. The summed E-state index contributed by atoms with van der Waals surface area (Å²) < 4.78 is 34.2. The third-order valence-corrected chi connectivity index (χ3v) is 3.56. The Morgan fingerprint density at radius 3 is 1.83 bits per heavy atom. The third-order valence-electron chi connectivity index (χ3n) is 3.31. The maximum Gasteiger partial charge on any atom is 0.347 e. The number of hydrogen-bond acceptors (Lipinski definition) is 2. The molecule has 123 valence electrons. The van der Waals surface area contributed by atoms with Gasteiger partial charge in [0.05, 0.1) is 0 Å². The van der Waals surface area contributed by atoms with Crippen molar-refractivity contribution in [1.82, 2.24) is 0 Å². The van der Waals surface area contributed by atoms with Crippen LogP contribution in [0.15, 0.2) is 48.5 Å². The summed E-state index contributed by atoms with van der Waals surface area (Å²) in [5, 5.41) is 9.38. The van der Waals surface area contributed by atoms with Gasteiger partial charge in [-0.2, -0.15) is 8.78 Å². The minimum Gasteiger partial charge on any atom is -0.478 e. The van der Waals surface area contributed by atoms with E-state index in [1.54, 1.807) is 0 Å². The molecule has 0 aliphatic carbocycles. The SMILES string of the molecule is CC(C)(Oc1ccc(C(F)(F)c2ccc(Cl)cc2)cc1)C(=O)O.[Na]. The number of aliphatic carboxylic acids is 1. The Labute approximate surface area is 165 Å². The standard InChI is InChI=1S/C17H15ClF2O3.Na/c1-16(2,15(21)22)23-14-9-5-12(6-10-14)17(19,20)11-3-7-13(18)8-4-11;/h3-10H,1-2H3,(H,21,22);. The molecule has 0 aliphatic heterocycles. The molecule has 0 unspecified atom stereocenters. The molecule has 2 rings (SSSR count). The van der Waals surface area contributed by atoms with Crippen LogP contribution in [0.1, 0.15) is 25.0 Å². The molecule has 2 aromatic carbocycles. The van der Waals surface area contributed by atoms with E-state index in [0.29, 0.717) is 5.02 Å². The molecule has 0 aromatic heterocycles. The van der Waals surface area contributed by atoms with Crippen LogP contribution in [0.4, 0.5) is 8.78 Å². The van der Waals surface area contributed by atoms with Gasteiger partial charge in [-0.25, -0.2) is 4.79 Å². The smallest absolute Gasteiger partial charge is 0.347 e. The van der Waals surface area contributed by atoms with Crippen molar-refractivity contribution in [2.75, 3.05) is 0 Å². The largest absolute Gasteiger partial charge is 0.478 e. The number of rotatable bonds is 5. The van der Waals surface area contributed by atoms with Crippen molar-refractivity contribution in [3.05, 3.63) is 64.7 Å². The maximum atomic E-state index is 14.4. The number of ether oxygens (including phenoxy) is 1. The molecule has 0 amide bonds. The second-order valence-electron chi connectivity index (χ2n) is 5.52. The van der Waals surface area contributed by atoms with E-state index in [4.69, 9.17) is 21.4 Å². The summed E-state index contributed by atoms with van der Waals surface area (Å²) in [6, 6.07) is 10.4. The van der Waals surface area contributed by atoms with Gasteiger partial charge >= 0.3 is 5.97 Å². The number of benzene rings is 2. The van der Waals surface area contributed by atoms with E-state index in [1.165, 1.54) is 62.4 Å². The predicted octanol–water partition coefficient (Wildman–Crippen LogP) is 4.34. The zero-order chi connectivity index (χ0) is 17.3. The van der Waals surface area contributed by atoms with Gasteiger partial charge < -0.3 is 9.84 Å². The number of carboxylic acids is 1. The van der Waals surface area contributed by atoms with Crippen molar-refractivity contribution in [1.29, 1.82) is 0 Å². The van der Waals surface area contributed by atoms with E-state index in [-0.39, 0.29) is 46.4 Å². The molecule has 2 aromatic rings. The molecule has 0 saturated heterocycles. The van der Waals surface area contributed by atoms with Crippen molar-refractivity contribution >= 4 is 47.1 Å². The normalized spacial score (nSPS) is 11.5. The molecular formula is C17H15ClF2NaO3. The summed E-state index contributed by atoms with van der Waals surface area (Å²) in [6.45, 7) is 2.76. The van der Waals surface area contributed by atoms with Crippen LogP contribution in [0.5, 0.6) is 5.75 Å². The van der Waals surface area contributed by atoms with Crippen LogP contribution in [0, 0.1) is 0 Å². The monoisotopic (exact) mass is 363 g/mol. The zero-order valence-corrected chi connectivity index (χ0v) is 16.3. The molecule has 0 bridgehead atoms. The molecule has 0 fully saturated rings. The molecule has 0 saturated carbocycles. The van der Waals surface area contributed by atoms with Crippen LogP contribution in [-0.2, 0) is 10.7 Å². The summed E-state index contributed by atoms with van der Waals surface area (Å²) in [5.41, 5.74) is -1.85. The minimum atomic E-state index is -3.19. The number of hydrogen-bond donors (Lipinski definition) is 1. The maximum absolute atomic E-state index is 14.4. The fourth-order valence-corrected chi connectivity index (χ4v) is 2.02. The van der Waals surface area contributed by atoms with Gasteiger partial charge in [-0.3, -0.25) is 0 Å².